The summed E-state index contributed by atoms with van der Waals surface area (Å²) < 4.78 is 6.68. The number of rotatable bonds is 4. The molecule has 3 nitrogen and oxygen atoms in total. The zero-order valence-electron chi connectivity index (χ0n) is 14.5. The van der Waals surface area contributed by atoms with Gasteiger partial charge in [-0.25, -0.2) is 0 Å². The van der Waals surface area contributed by atoms with E-state index in [2.05, 4.69) is 41.1 Å². The van der Waals surface area contributed by atoms with Gasteiger partial charge in [0.15, 0.2) is 0 Å². The number of nitrogens with one attached hydrogen (secondary N) is 2. The molecule has 0 bridgehead atoms. The van der Waals surface area contributed by atoms with Gasteiger partial charge >= 0.3 is 0 Å². The molecule has 0 amide bonds. The minimum Gasteiger partial charge on any atom is -0.496 e. The molecule has 2 fully saturated rings. The molecule has 0 radical (unpaired) electrons. The molecule has 3 rings (SSSR count). The lowest BCUT2D eigenvalue weighted by atomic mass is 9.95. The van der Waals surface area contributed by atoms with Gasteiger partial charge in [0.1, 0.15) is 12.3 Å². The van der Waals surface area contributed by atoms with Crippen molar-refractivity contribution < 1.29 is 14.5 Å². The number of hydrogen-bond donors (Lipinski definition) is 2. The molecule has 1 aromatic rings. The average molecular weight is 383 g/mol. The fraction of sp³-hybridized carbons (Fsp3) is 0.684. The average Bonchev–Trinajstić information content (AvgIpc) is 2.56. The van der Waals surface area contributed by atoms with Crippen LogP contribution in [0.5, 0.6) is 5.75 Å². The van der Waals surface area contributed by atoms with Gasteiger partial charge in [-0.3, -0.25) is 0 Å². The number of quaternary nitrogens is 2. The van der Waals surface area contributed by atoms with E-state index >= 15 is 0 Å². The van der Waals surface area contributed by atoms with Gasteiger partial charge < -0.3 is 14.5 Å². The predicted octanol–water partition coefficient (Wildman–Crippen LogP) is 1.32. The van der Waals surface area contributed by atoms with Crippen LogP contribution in [0.1, 0.15) is 38.2 Å². The molecular weight excluding hydrogens is 352 g/mol. The van der Waals surface area contributed by atoms with Crippen LogP contribution >= 0.6 is 15.9 Å². The quantitative estimate of drug-likeness (QED) is 0.803. The van der Waals surface area contributed by atoms with E-state index < -0.39 is 0 Å². The molecule has 0 saturated carbocycles. The molecule has 2 aliphatic heterocycles. The normalized spacial score (nSPS) is 31.8. The molecule has 2 saturated heterocycles. The minimum absolute atomic E-state index is 0.908. The van der Waals surface area contributed by atoms with E-state index in [1.165, 1.54) is 57.4 Å². The highest BCUT2D eigenvalue weighted by Gasteiger charge is 2.32. The van der Waals surface area contributed by atoms with E-state index in [9.17, 15) is 0 Å². The number of halogens is 1. The van der Waals surface area contributed by atoms with Crippen molar-refractivity contribution in [3.05, 3.63) is 28.2 Å². The second kappa shape index (κ2) is 8.00. The number of hydrogen-bond acceptors (Lipinski definition) is 1. The molecule has 4 heteroatoms. The highest BCUT2D eigenvalue weighted by Crippen LogP contribution is 2.22. The minimum atomic E-state index is 0.908. The summed E-state index contributed by atoms with van der Waals surface area (Å²) in [6.07, 6.45) is 5.64. The van der Waals surface area contributed by atoms with Gasteiger partial charge in [0, 0.05) is 28.8 Å². The molecule has 2 atom stereocenters. The SMILES string of the molecule is COc1ccc(Br)cc1C[NH+]1CCC([NH+]2CCC[C@@H](C)C2)CC1. The Kier molecular flexibility index (Phi) is 6.00. The summed E-state index contributed by atoms with van der Waals surface area (Å²) in [5.74, 6) is 1.95. The molecule has 0 aliphatic carbocycles. The number of ether oxygens (including phenoxy) is 1. The van der Waals surface area contributed by atoms with Crippen molar-refractivity contribution in [2.75, 3.05) is 33.3 Å². The first-order chi connectivity index (χ1) is 11.2. The summed E-state index contributed by atoms with van der Waals surface area (Å²) in [5, 5.41) is 0. The molecule has 2 N–H and O–H groups in total. The number of benzene rings is 1. The summed E-state index contributed by atoms with van der Waals surface area (Å²) in [5.41, 5.74) is 1.33. The fourth-order valence-corrected chi connectivity index (χ4v) is 4.87. The number of likely N-dealkylation sites (tertiary alicyclic amines) is 2. The molecule has 1 aromatic carbocycles. The predicted molar refractivity (Wildman–Crippen MR) is 97.2 cm³/mol. The van der Waals surface area contributed by atoms with Crippen molar-refractivity contribution in [3.63, 3.8) is 0 Å². The van der Waals surface area contributed by atoms with Gasteiger partial charge in [0.05, 0.1) is 39.3 Å². The van der Waals surface area contributed by atoms with Crippen LogP contribution in [0.4, 0.5) is 0 Å². The van der Waals surface area contributed by atoms with Gasteiger partial charge in [-0.15, -0.1) is 0 Å². The maximum atomic E-state index is 5.53. The van der Waals surface area contributed by atoms with Gasteiger partial charge in [-0.05, 0) is 31.0 Å². The maximum Gasteiger partial charge on any atom is 0.127 e. The first-order valence-electron chi connectivity index (χ1n) is 9.16. The Balaban J connectivity index is 1.54. The Morgan fingerprint density at radius 2 is 1.96 bits per heavy atom. The monoisotopic (exact) mass is 382 g/mol. The van der Waals surface area contributed by atoms with Gasteiger partial charge in [0.2, 0.25) is 0 Å². The highest BCUT2D eigenvalue weighted by atomic mass is 79.9. The van der Waals surface area contributed by atoms with Crippen LogP contribution in [0.2, 0.25) is 0 Å². The Morgan fingerprint density at radius 3 is 2.65 bits per heavy atom. The van der Waals surface area contributed by atoms with E-state index in [1.807, 2.05) is 4.90 Å². The Bertz CT molecular complexity index is 514. The number of piperidine rings is 2. The standard InChI is InChI=1S/C19H29BrN2O/c1-15-4-3-9-22(13-15)18-7-10-21(11-8-18)14-16-12-17(20)5-6-19(16)23-2/h5-6,12,15,18H,3-4,7-11,13-14H2,1-2H3/p+2/t15-/m1/s1. The largest absolute Gasteiger partial charge is 0.496 e. The lowest BCUT2D eigenvalue weighted by Crippen LogP contribution is -3.21. The van der Waals surface area contributed by atoms with Crippen molar-refractivity contribution in [1.82, 2.24) is 0 Å². The van der Waals surface area contributed by atoms with Crippen LogP contribution in [0.15, 0.2) is 22.7 Å². The summed E-state index contributed by atoms with van der Waals surface area (Å²) in [4.78, 5) is 3.60. The van der Waals surface area contributed by atoms with Crippen LogP contribution in [0.25, 0.3) is 0 Å². The Morgan fingerprint density at radius 1 is 1.17 bits per heavy atom. The third kappa shape index (κ3) is 4.49. The third-order valence-corrected chi connectivity index (χ3v) is 6.25. The van der Waals surface area contributed by atoms with Gasteiger partial charge in [-0.1, -0.05) is 22.9 Å². The summed E-state index contributed by atoms with van der Waals surface area (Å²) >= 11 is 3.59. The van der Waals surface area contributed by atoms with Crippen molar-refractivity contribution >= 4 is 15.9 Å². The maximum absolute atomic E-state index is 5.53. The first-order valence-corrected chi connectivity index (χ1v) is 9.95. The first kappa shape index (κ1) is 17.2. The van der Waals surface area contributed by atoms with Crippen LogP contribution in [-0.4, -0.2) is 39.3 Å². The van der Waals surface area contributed by atoms with Crippen molar-refractivity contribution in [1.29, 1.82) is 0 Å². The van der Waals surface area contributed by atoms with Crippen molar-refractivity contribution in [2.24, 2.45) is 5.92 Å². The number of methoxy groups -OCH3 is 1. The Hall–Kier alpha value is -0.580. The fourth-order valence-electron chi connectivity index (χ4n) is 4.47. The zero-order valence-corrected chi connectivity index (χ0v) is 16.1. The Labute approximate surface area is 149 Å². The summed E-state index contributed by atoms with van der Waals surface area (Å²) in [7, 11) is 1.77. The van der Waals surface area contributed by atoms with Crippen molar-refractivity contribution in [3.8, 4) is 5.75 Å². The van der Waals surface area contributed by atoms with E-state index in [-0.39, 0.29) is 0 Å². The lowest BCUT2D eigenvalue weighted by molar-refractivity contribution is -0.967. The van der Waals surface area contributed by atoms with E-state index in [1.54, 1.807) is 12.0 Å². The molecule has 2 heterocycles. The van der Waals surface area contributed by atoms with Gasteiger partial charge in [0.25, 0.3) is 0 Å². The van der Waals surface area contributed by atoms with Crippen LogP contribution in [-0.2, 0) is 6.54 Å². The van der Waals surface area contributed by atoms with Crippen LogP contribution in [0, 0.1) is 5.92 Å². The van der Waals surface area contributed by atoms with Crippen LogP contribution < -0.4 is 14.5 Å². The molecule has 23 heavy (non-hydrogen) atoms. The molecule has 128 valence electrons. The summed E-state index contributed by atoms with van der Waals surface area (Å²) in [6, 6.07) is 7.26. The smallest absolute Gasteiger partial charge is 0.127 e. The van der Waals surface area contributed by atoms with E-state index in [0.29, 0.717) is 0 Å². The summed E-state index contributed by atoms with van der Waals surface area (Å²) in [6.45, 7) is 8.93. The lowest BCUT2D eigenvalue weighted by Gasteiger charge is -2.37. The highest BCUT2D eigenvalue weighted by molar-refractivity contribution is 9.10. The third-order valence-electron chi connectivity index (χ3n) is 5.76. The van der Waals surface area contributed by atoms with Crippen LogP contribution in [0.3, 0.4) is 0 Å². The van der Waals surface area contributed by atoms with E-state index in [0.717, 1.165) is 28.7 Å². The molecular formula is C19H31BrN2O+2. The molecule has 0 aromatic heterocycles. The topological polar surface area (TPSA) is 18.1 Å². The van der Waals surface area contributed by atoms with Crippen molar-refractivity contribution in [2.45, 2.75) is 45.2 Å². The molecule has 0 spiro atoms. The molecule has 2 aliphatic rings. The van der Waals surface area contributed by atoms with E-state index in [4.69, 9.17) is 4.74 Å². The zero-order chi connectivity index (χ0) is 16.2. The second-order valence-electron chi connectivity index (χ2n) is 7.52. The van der Waals surface area contributed by atoms with Gasteiger partial charge in [-0.2, -0.15) is 0 Å². The second-order valence-corrected chi connectivity index (χ2v) is 8.43. The molecule has 1 unspecified atom stereocenters.